The Kier molecular flexibility index (Phi) is 3.89. The molecule has 0 fully saturated rings. The third kappa shape index (κ3) is 4.15. The molecular weight excluding hydrogens is 188 g/mol. The maximum absolute atomic E-state index is 10.5. The van der Waals surface area contributed by atoms with E-state index in [-0.39, 0.29) is 12.3 Å². The summed E-state index contributed by atoms with van der Waals surface area (Å²) in [7, 11) is 0. The molecule has 2 heteroatoms. The monoisotopic (exact) mass is 206 g/mol. The van der Waals surface area contributed by atoms with Crippen molar-refractivity contribution in [1.29, 1.82) is 0 Å². The molecule has 0 spiro atoms. The maximum Gasteiger partial charge on any atom is 0.303 e. The molecule has 0 aliphatic rings. The molecule has 0 heterocycles. The number of rotatable bonds is 4. The van der Waals surface area contributed by atoms with Crippen LogP contribution in [0.4, 0.5) is 0 Å². The zero-order valence-electron chi connectivity index (χ0n) is 9.58. The maximum atomic E-state index is 10.5. The van der Waals surface area contributed by atoms with Crippen LogP contribution in [0, 0.1) is 19.8 Å². The molecule has 0 bridgehead atoms. The lowest BCUT2D eigenvalue weighted by atomic mass is 9.96. The van der Waals surface area contributed by atoms with Crippen molar-refractivity contribution < 1.29 is 9.90 Å². The molecule has 82 valence electrons. The highest BCUT2D eigenvalue weighted by Crippen LogP contribution is 2.15. The molecule has 0 radical (unpaired) electrons. The predicted molar refractivity (Wildman–Crippen MR) is 61.0 cm³/mol. The second kappa shape index (κ2) is 4.96. The van der Waals surface area contributed by atoms with Gasteiger partial charge >= 0.3 is 5.97 Å². The normalized spacial score (nSPS) is 12.5. The van der Waals surface area contributed by atoms with Crippen LogP contribution in [0.25, 0.3) is 0 Å². The predicted octanol–water partition coefficient (Wildman–Crippen LogP) is 2.96. The van der Waals surface area contributed by atoms with Gasteiger partial charge < -0.3 is 5.11 Å². The first-order valence-electron chi connectivity index (χ1n) is 5.26. The molecule has 0 saturated heterocycles. The topological polar surface area (TPSA) is 37.3 Å². The summed E-state index contributed by atoms with van der Waals surface area (Å²) < 4.78 is 0. The number of carbonyl (C=O) groups is 1. The lowest BCUT2D eigenvalue weighted by Gasteiger charge is -2.10. The van der Waals surface area contributed by atoms with Gasteiger partial charge in [0.2, 0.25) is 0 Å². The van der Waals surface area contributed by atoms with Gasteiger partial charge in [-0.1, -0.05) is 36.2 Å². The van der Waals surface area contributed by atoms with Gasteiger partial charge in [0.1, 0.15) is 0 Å². The minimum absolute atomic E-state index is 0.198. The Morgan fingerprint density at radius 1 is 1.27 bits per heavy atom. The molecule has 0 amide bonds. The fraction of sp³-hybridized carbons (Fsp3) is 0.462. The van der Waals surface area contributed by atoms with Crippen LogP contribution in [-0.4, -0.2) is 11.1 Å². The number of carboxylic acids is 1. The molecule has 1 atom stereocenters. The second-order valence-corrected chi connectivity index (χ2v) is 4.40. The molecule has 0 saturated carbocycles. The quantitative estimate of drug-likeness (QED) is 0.822. The Morgan fingerprint density at radius 3 is 2.27 bits per heavy atom. The summed E-state index contributed by atoms with van der Waals surface area (Å²) in [5.41, 5.74) is 3.72. The molecule has 15 heavy (non-hydrogen) atoms. The van der Waals surface area contributed by atoms with E-state index in [4.69, 9.17) is 5.11 Å². The van der Waals surface area contributed by atoms with Gasteiger partial charge in [-0.3, -0.25) is 4.79 Å². The molecule has 1 unspecified atom stereocenters. The molecule has 0 aliphatic heterocycles. The van der Waals surface area contributed by atoms with E-state index in [0.717, 1.165) is 6.42 Å². The fourth-order valence-corrected chi connectivity index (χ4v) is 1.96. The molecule has 0 aliphatic carbocycles. The van der Waals surface area contributed by atoms with Crippen LogP contribution in [-0.2, 0) is 11.2 Å². The summed E-state index contributed by atoms with van der Waals surface area (Å²) in [5, 5.41) is 8.67. The van der Waals surface area contributed by atoms with E-state index in [9.17, 15) is 4.79 Å². The van der Waals surface area contributed by atoms with E-state index in [1.54, 1.807) is 0 Å². The Bertz CT molecular complexity index is 335. The van der Waals surface area contributed by atoms with Crippen LogP contribution in [0.1, 0.15) is 30.0 Å². The number of aryl methyl sites for hydroxylation is 2. The zero-order chi connectivity index (χ0) is 11.4. The van der Waals surface area contributed by atoms with E-state index in [1.807, 2.05) is 6.92 Å². The van der Waals surface area contributed by atoms with Gasteiger partial charge in [-0.05, 0) is 31.7 Å². The highest BCUT2D eigenvalue weighted by atomic mass is 16.4. The number of aliphatic carboxylic acids is 1. The summed E-state index contributed by atoms with van der Waals surface area (Å²) in [6.07, 6.45) is 1.09. The van der Waals surface area contributed by atoms with Gasteiger partial charge in [-0.2, -0.15) is 0 Å². The Morgan fingerprint density at radius 2 is 1.80 bits per heavy atom. The molecular formula is C13H18O2. The molecule has 1 aromatic rings. The third-order valence-corrected chi connectivity index (χ3v) is 2.39. The van der Waals surface area contributed by atoms with Crippen molar-refractivity contribution in [1.82, 2.24) is 0 Å². The standard InChI is InChI=1S/C13H18O2/c1-9-4-10(2)6-12(5-9)7-11(3)8-13(14)15/h4-6,11H,7-8H2,1-3H3,(H,14,15). The lowest BCUT2D eigenvalue weighted by Crippen LogP contribution is -2.07. The summed E-state index contributed by atoms with van der Waals surface area (Å²) >= 11 is 0. The number of benzene rings is 1. The van der Waals surface area contributed by atoms with Gasteiger partial charge in [-0.25, -0.2) is 0 Å². The van der Waals surface area contributed by atoms with Gasteiger partial charge in [0.05, 0.1) is 0 Å². The van der Waals surface area contributed by atoms with Crippen LogP contribution in [0.5, 0.6) is 0 Å². The summed E-state index contributed by atoms with van der Waals surface area (Å²) in [6.45, 7) is 6.11. The number of hydrogen-bond donors (Lipinski definition) is 1. The van der Waals surface area contributed by atoms with Crippen LogP contribution < -0.4 is 0 Å². The van der Waals surface area contributed by atoms with Crippen LogP contribution in [0.2, 0.25) is 0 Å². The average Bonchev–Trinajstić information content (AvgIpc) is 1.98. The van der Waals surface area contributed by atoms with E-state index in [1.165, 1.54) is 16.7 Å². The Labute approximate surface area is 90.9 Å². The smallest absolute Gasteiger partial charge is 0.303 e. The number of carboxylic acid groups (broad SMARTS) is 1. The number of hydrogen-bond acceptors (Lipinski definition) is 1. The SMILES string of the molecule is Cc1cc(C)cc(CC(C)CC(=O)O)c1. The van der Waals surface area contributed by atoms with Crippen molar-refractivity contribution in [3.63, 3.8) is 0 Å². The molecule has 0 aromatic heterocycles. The molecule has 1 N–H and O–H groups in total. The zero-order valence-corrected chi connectivity index (χ0v) is 9.58. The van der Waals surface area contributed by atoms with E-state index < -0.39 is 5.97 Å². The highest BCUT2D eigenvalue weighted by molar-refractivity contribution is 5.67. The summed E-state index contributed by atoms with van der Waals surface area (Å²) in [5.74, 6) is -0.518. The summed E-state index contributed by atoms with van der Waals surface area (Å²) in [6, 6.07) is 6.39. The largest absolute Gasteiger partial charge is 0.481 e. The van der Waals surface area contributed by atoms with Gasteiger partial charge in [-0.15, -0.1) is 0 Å². The van der Waals surface area contributed by atoms with E-state index >= 15 is 0 Å². The van der Waals surface area contributed by atoms with Crippen molar-refractivity contribution in [3.8, 4) is 0 Å². The van der Waals surface area contributed by atoms with Crippen LogP contribution in [0.15, 0.2) is 18.2 Å². The van der Waals surface area contributed by atoms with Gasteiger partial charge in [0.15, 0.2) is 0 Å². The Balaban J connectivity index is 2.67. The van der Waals surface area contributed by atoms with Gasteiger partial charge in [0, 0.05) is 6.42 Å². The minimum atomic E-state index is -0.716. The van der Waals surface area contributed by atoms with Crippen molar-refractivity contribution >= 4 is 5.97 Å². The van der Waals surface area contributed by atoms with Crippen molar-refractivity contribution in [2.45, 2.75) is 33.6 Å². The Hall–Kier alpha value is -1.31. The van der Waals surface area contributed by atoms with Crippen molar-refractivity contribution in [3.05, 3.63) is 34.9 Å². The summed E-state index contributed by atoms with van der Waals surface area (Å²) in [4.78, 5) is 10.5. The van der Waals surface area contributed by atoms with E-state index in [0.29, 0.717) is 0 Å². The lowest BCUT2D eigenvalue weighted by molar-refractivity contribution is -0.137. The van der Waals surface area contributed by atoms with Crippen molar-refractivity contribution in [2.24, 2.45) is 5.92 Å². The van der Waals surface area contributed by atoms with Crippen LogP contribution >= 0.6 is 0 Å². The van der Waals surface area contributed by atoms with E-state index in [2.05, 4.69) is 32.0 Å². The van der Waals surface area contributed by atoms with Gasteiger partial charge in [0.25, 0.3) is 0 Å². The first kappa shape index (κ1) is 11.8. The highest BCUT2D eigenvalue weighted by Gasteiger charge is 2.08. The molecule has 1 rings (SSSR count). The first-order valence-corrected chi connectivity index (χ1v) is 5.26. The molecule has 1 aromatic carbocycles. The second-order valence-electron chi connectivity index (χ2n) is 4.40. The average molecular weight is 206 g/mol. The van der Waals surface area contributed by atoms with Crippen LogP contribution in [0.3, 0.4) is 0 Å². The fourth-order valence-electron chi connectivity index (χ4n) is 1.96. The third-order valence-electron chi connectivity index (χ3n) is 2.39. The molecule has 2 nitrogen and oxygen atoms in total. The van der Waals surface area contributed by atoms with Crippen molar-refractivity contribution in [2.75, 3.05) is 0 Å². The first-order chi connectivity index (χ1) is 6.97. The minimum Gasteiger partial charge on any atom is -0.481 e.